The van der Waals surface area contributed by atoms with Gasteiger partial charge in [0.2, 0.25) is 5.91 Å². The summed E-state index contributed by atoms with van der Waals surface area (Å²) in [6, 6.07) is 7.11. The molecular formula is C14H19N3O2. The van der Waals surface area contributed by atoms with E-state index in [1.54, 1.807) is 6.92 Å². The van der Waals surface area contributed by atoms with E-state index in [4.69, 9.17) is 0 Å². The summed E-state index contributed by atoms with van der Waals surface area (Å²) in [6.45, 7) is 3.71. The number of carbonyl (C=O) groups is 2. The lowest BCUT2D eigenvalue weighted by atomic mass is 10.2. The zero-order chi connectivity index (χ0) is 13.8. The SMILES string of the molecule is Cc1cccc(NC(C)C(=O)NC(=O)NC2CC2)c1. The lowest BCUT2D eigenvalue weighted by Crippen LogP contribution is -2.46. The van der Waals surface area contributed by atoms with E-state index < -0.39 is 12.1 Å². The Morgan fingerprint density at radius 2 is 2.05 bits per heavy atom. The molecule has 19 heavy (non-hydrogen) atoms. The second kappa shape index (κ2) is 5.73. The Balaban J connectivity index is 1.82. The van der Waals surface area contributed by atoms with Crippen molar-refractivity contribution in [2.45, 2.75) is 38.8 Å². The molecule has 1 aromatic carbocycles. The molecule has 5 heteroatoms. The first-order valence-electron chi connectivity index (χ1n) is 6.49. The molecule has 1 atom stereocenters. The second-order valence-corrected chi connectivity index (χ2v) is 4.97. The zero-order valence-corrected chi connectivity index (χ0v) is 11.2. The summed E-state index contributed by atoms with van der Waals surface area (Å²) in [4.78, 5) is 23.3. The van der Waals surface area contributed by atoms with Gasteiger partial charge in [-0.25, -0.2) is 4.79 Å². The maximum atomic E-state index is 11.8. The van der Waals surface area contributed by atoms with Gasteiger partial charge in [0.05, 0.1) is 0 Å². The molecule has 0 saturated heterocycles. The molecule has 1 saturated carbocycles. The summed E-state index contributed by atoms with van der Waals surface area (Å²) in [7, 11) is 0. The predicted molar refractivity (Wildman–Crippen MR) is 74.0 cm³/mol. The van der Waals surface area contributed by atoms with Crippen molar-refractivity contribution >= 4 is 17.6 Å². The molecule has 1 fully saturated rings. The number of imide groups is 1. The van der Waals surface area contributed by atoms with Crippen molar-refractivity contribution in [1.29, 1.82) is 0 Å². The second-order valence-electron chi connectivity index (χ2n) is 4.97. The normalized spacial score (nSPS) is 15.5. The number of hydrogen-bond acceptors (Lipinski definition) is 3. The summed E-state index contributed by atoms with van der Waals surface area (Å²) in [5.74, 6) is -0.334. The van der Waals surface area contributed by atoms with Crippen LogP contribution < -0.4 is 16.0 Å². The number of nitrogens with one attached hydrogen (secondary N) is 3. The minimum absolute atomic E-state index is 0.243. The number of carbonyl (C=O) groups excluding carboxylic acids is 2. The quantitative estimate of drug-likeness (QED) is 0.773. The summed E-state index contributed by atoms with van der Waals surface area (Å²) in [5.41, 5.74) is 1.98. The molecule has 0 aromatic heterocycles. The number of aryl methyl sites for hydroxylation is 1. The van der Waals surface area contributed by atoms with Gasteiger partial charge in [-0.15, -0.1) is 0 Å². The van der Waals surface area contributed by atoms with Gasteiger partial charge in [0.15, 0.2) is 0 Å². The van der Waals surface area contributed by atoms with Crippen molar-refractivity contribution in [2.24, 2.45) is 0 Å². The van der Waals surface area contributed by atoms with Crippen molar-refractivity contribution in [3.05, 3.63) is 29.8 Å². The average molecular weight is 261 g/mol. The maximum absolute atomic E-state index is 11.8. The Bertz CT molecular complexity index is 483. The Labute approximate surface area is 112 Å². The molecule has 0 aliphatic heterocycles. The van der Waals surface area contributed by atoms with E-state index in [1.165, 1.54) is 0 Å². The van der Waals surface area contributed by atoms with Crippen molar-refractivity contribution in [2.75, 3.05) is 5.32 Å². The monoisotopic (exact) mass is 261 g/mol. The van der Waals surface area contributed by atoms with E-state index in [1.807, 2.05) is 31.2 Å². The van der Waals surface area contributed by atoms with Crippen molar-refractivity contribution in [3.63, 3.8) is 0 Å². The number of amides is 3. The van der Waals surface area contributed by atoms with E-state index in [0.717, 1.165) is 24.1 Å². The van der Waals surface area contributed by atoms with E-state index >= 15 is 0 Å². The van der Waals surface area contributed by atoms with Crippen LogP contribution in [0.5, 0.6) is 0 Å². The summed E-state index contributed by atoms with van der Waals surface area (Å²) in [6.07, 6.45) is 2.00. The molecule has 2 rings (SSSR count). The third kappa shape index (κ3) is 4.28. The van der Waals surface area contributed by atoms with E-state index in [2.05, 4.69) is 16.0 Å². The topological polar surface area (TPSA) is 70.2 Å². The van der Waals surface area contributed by atoms with E-state index in [0.29, 0.717) is 0 Å². The van der Waals surface area contributed by atoms with Gasteiger partial charge < -0.3 is 10.6 Å². The minimum Gasteiger partial charge on any atom is -0.374 e. The van der Waals surface area contributed by atoms with Gasteiger partial charge in [0.1, 0.15) is 6.04 Å². The third-order valence-electron chi connectivity index (χ3n) is 2.94. The molecule has 0 heterocycles. The van der Waals surface area contributed by atoms with E-state index in [9.17, 15) is 9.59 Å². The molecule has 102 valence electrons. The number of urea groups is 1. The Morgan fingerprint density at radius 1 is 1.32 bits per heavy atom. The van der Waals surface area contributed by atoms with Crippen molar-refractivity contribution < 1.29 is 9.59 Å². The first kappa shape index (κ1) is 13.4. The van der Waals surface area contributed by atoms with Crippen molar-refractivity contribution in [1.82, 2.24) is 10.6 Å². The number of rotatable bonds is 4. The van der Waals surface area contributed by atoms with Gasteiger partial charge in [0, 0.05) is 11.7 Å². The highest BCUT2D eigenvalue weighted by Gasteiger charge is 2.24. The maximum Gasteiger partial charge on any atom is 0.321 e. The van der Waals surface area contributed by atoms with Crippen molar-refractivity contribution in [3.8, 4) is 0 Å². The van der Waals surface area contributed by atoms with Gasteiger partial charge >= 0.3 is 6.03 Å². The fraction of sp³-hybridized carbons (Fsp3) is 0.429. The molecule has 3 N–H and O–H groups in total. The van der Waals surface area contributed by atoms with Crippen LogP contribution in [0.2, 0.25) is 0 Å². The first-order valence-corrected chi connectivity index (χ1v) is 6.49. The van der Waals surface area contributed by atoms with Gasteiger partial charge in [-0.3, -0.25) is 10.1 Å². The molecule has 5 nitrogen and oxygen atoms in total. The van der Waals surface area contributed by atoms with Crippen LogP contribution in [0, 0.1) is 6.92 Å². The van der Waals surface area contributed by atoms with Gasteiger partial charge in [-0.05, 0) is 44.4 Å². The van der Waals surface area contributed by atoms with Crippen LogP contribution in [0.1, 0.15) is 25.3 Å². The smallest absolute Gasteiger partial charge is 0.321 e. The Morgan fingerprint density at radius 3 is 2.68 bits per heavy atom. The molecule has 3 amide bonds. The number of hydrogen-bond donors (Lipinski definition) is 3. The largest absolute Gasteiger partial charge is 0.374 e. The number of benzene rings is 1. The van der Waals surface area contributed by atoms with Crippen LogP contribution >= 0.6 is 0 Å². The van der Waals surface area contributed by atoms with Crippen LogP contribution in [-0.2, 0) is 4.79 Å². The molecule has 1 aliphatic carbocycles. The molecule has 0 bridgehead atoms. The third-order valence-corrected chi connectivity index (χ3v) is 2.94. The van der Waals surface area contributed by atoms with Crippen LogP contribution in [0.3, 0.4) is 0 Å². The number of anilines is 1. The summed E-state index contributed by atoms with van der Waals surface area (Å²) in [5, 5.41) is 8.11. The molecular weight excluding hydrogens is 242 g/mol. The lowest BCUT2D eigenvalue weighted by Gasteiger charge is -2.15. The minimum atomic E-state index is -0.466. The molecule has 1 aromatic rings. The standard InChI is InChI=1S/C14H19N3O2/c1-9-4-3-5-12(8-9)15-10(2)13(18)17-14(19)16-11-6-7-11/h3-5,8,10-11,15H,6-7H2,1-2H3,(H2,16,17,18,19). The Kier molecular flexibility index (Phi) is 4.04. The summed E-state index contributed by atoms with van der Waals surface area (Å²) >= 11 is 0. The molecule has 0 spiro atoms. The highest BCUT2D eigenvalue weighted by atomic mass is 16.2. The highest BCUT2D eigenvalue weighted by molar-refractivity contribution is 5.98. The first-order chi connectivity index (χ1) is 9.04. The van der Waals surface area contributed by atoms with Gasteiger partial charge in [-0.2, -0.15) is 0 Å². The summed E-state index contributed by atoms with van der Waals surface area (Å²) < 4.78 is 0. The molecule has 1 aliphatic rings. The molecule has 1 unspecified atom stereocenters. The molecule has 0 radical (unpaired) electrons. The van der Waals surface area contributed by atoms with Crippen LogP contribution in [0.4, 0.5) is 10.5 Å². The van der Waals surface area contributed by atoms with Gasteiger partial charge in [-0.1, -0.05) is 12.1 Å². The fourth-order valence-electron chi connectivity index (χ4n) is 1.72. The van der Waals surface area contributed by atoms with Gasteiger partial charge in [0.25, 0.3) is 0 Å². The Hall–Kier alpha value is -2.04. The zero-order valence-electron chi connectivity index (χ0n) is 11.2. The fourth-order valence-corrected chi connectivity index (χ4v) is 1.72. The predicted octanol–water partition coefficient (Wildman–Crippen LogP) is 1.78. The average Bonchev–Trinajstić information content (AvgIpc) is 3.12. The van der Waals surface area contributed by atoms with Crippen LogP contribution in [0.25, 0.3) is 0 Å². The lowest BCUT2D eigenvalue weighted by molar-refractivity contribution is -0.120. The van der Waals surface area contributed by atoms with Crippen LogP contribution in [0.15, 0.2) is 24.3 Å². The van der Waals surface area contributed by atoms with Crippen LogP contribution in [-0.4, -0.2) is 24.0 Å². The highest BCUT2D eigenvalue weighted by Crippen LogP contribution is 2.18. The van der Waals surface area contributed by atoms with E-state index in [-0.39, 0.29) is 11.9 Å².